The Morgan fingerprint density at radius 1 is 1.59 bits per heavy atom. The van der Waals surface area contributed by atoms with E-state index < -0.39 is 0 Å². The van der Waals surface area contributed by atoms with Gasteiger partial charge in [-0.15, -0.1) is 11.3 Å². The van der Waals surface area contributed by atoms with Gasteiger partial charge in [-0.05, 0) is 24.3 Å². The van der Waals surface area contributed by atoms with Gasteiger partial charge in [0.25, 0.3) is 0 Å². The lowest BCUT2D eigenvalue weighted by molar-refractivity contribution is 0.0592. The van der Waals surface area contributed by atoms with E-state index in [0.717, 1.165) is 32.8 Å². The second kappa shape index (κ2) is 7.11. The maximum Gasteiger partial charge on any atom is 0.0703 e. The van der Waals surface area contributed by atoms with Crippen molar-refractivity contribution in [2.45, 2.75) is 25.5 Å². The first-order valence-corrected chi connectivity index (χ1v) is 7.11. The Morgan fingerprint density at radius 2 is 2.53 bits per heavy atom. The Bertz CT molecular complexity index is 296. The molecule has 1 atom stereocenters. The molecule has 0 N–H and O–H groups in total. The number of hydrogen-bond acceptors (Lipinski definition) is 4. The van der Waals surface area contributed by atoms with Gasteiger partial charge in [0.2, 0.25) is 0 Å². The molecule has 0 aliphatic carbocycles. The van der Waals surface area contributed by atoms with E-state index in [1.165, 1.54) is 17.7 Å². The summed E-state index contributed by atoms with van der Waals surface area (Å²) in [6, 6.07) is 4.31. The minimum atomic E-state index is 0.423. The molecule has 2 rings (SSSR count). The molecule has 1 unspecified atom stereocenters. The van der Waals surface area contributed by atoms with E-state index in [-0.39, 0.29) is 0 Å². The normalized spacial score (nSPS) is 20.2. The monoisotopic (exact) mass is 255 g/mol. The quantitative estimate of drug-likeness (QED) is 0.746. The summed E-state index contributed by atoms with van der Waals surface area (Å²) < 4.78 is 10.9. The largest absolute Gasteiger partial charge is 0.383 e. The van der Waals surface area contributed by atoms with Gasteiger partial charge in [0.05, 0.1) is 12.7 Å². The fourth-order valence-corrected chi connectivity index (χ4v) is 2.90. The van der Waals surface area contributed by atoms with Crippen LogP contribution in [-0.4, -0.2) is 44.4 Å². The molecular weight excluding hydrogens is 234 g/mol. The Morgan fingerprint density at radius 3 is 3.18 bits per heavy atom. The molecule has 0 radical (unpaired) electrons. The molecular formula is C13H21NO2S. The summed E-state index contributed by atoms with van der Waals surface area (Å²) in [7, 11) is 1.76. The topological polar surface area (TPSA) is 21.7 Å². The second-order valence-electron chi connectivity index (χ2n) is 4.44. The van der Waals surface area contributed by atoms with Crippen molar-refractivity contribution in [1.29, 1.82) is 0 Å². The zero-order chi connectivity index (χ0) is 11.9. The highest BCUT2D eigenvalue weighted by Crippen LogP contribution is 2.16. The molecule has 2 heterocycles. The Balaban J connectivity index is 1.83. The highest BCUT2D eigenvalue weighted by Gasteiger charge is 2.19. The summed E-state index contributed by atoms with van der Waals surface area (Å²) in [5, 5.41) is 2.13. The van der Waals surface area contributed by atoms with Crippen LogP contribution in [0, 0.1) is 0 Å². The van der Waals surface area contributed by atoms with Crippen LogP contribution in [0.5, 0.6) is 0 Å². The summed E-state index contributed by atoms with van der Waals surface area (Å²) in [5.74, 6) is 0. The predicted molar refractivity (Wildman–Crippen MR) is 70.4 cm³/mol. The van der Waals surface area contributed by atoms with E-state index in [0.29, 0.717) is 6.10 Å². The van der Waals surface area contributed by atoms with Crippen molar-refractivity contribution in [3.05, 3.63) is 22.4 Å². The van der Waals surface area contributed by atoms with Gasteiger partial charge in [0.1, 0.15) is 0 Å². The molecule has 4 heteroatoms. The van der Waals surface area contributed by atoms with Crippen molar-refractivity contribution in [1.82, 2.24) is 4.90 Å². The van der Waals surface area contributed by atoms with Gasteiger partial charge < -0.3 is 9.47 Å². The van der Waals surface area contributed by atoms with E-state index in [1.54, 1.807) is 7.11 Å². The summed E-state index contributed by atoms with van der Waals surface area (Å²) in [4.78, 5) is 3.85. The van der Waals surface area contributed by atoms with Gasteiger partial charge in [-0.1, -0.05) is 6.07 Å². The van der Waals surface area contributed by atoms with Crippen molar-refractivity contribution in [3.8, 4) is 0 Å². The van der Waals surface area contributed by atoms with E-state index >= 15 is 0 Å². The Kier molecular flexibility index (Phi) is 5.45. The van der Waals surface area contributed by atoms with Crippen LogP contribution in [0.1, 0.15) is 17.7 Å². The number of ether oxygens (including phenoxy) is 2. The lowest BCUT2D eigenvalue weighted by Gasteiger charge is -2.24. The fourth-order valence-electron chi connectivity index (χ4n) is 2.15. The van der Waals surface area contributed by atoms with Gasteiger partial charge in [-0.3, -0.25) is 4.90 Å². The van der Waals surface area contributed by atoms with Crippen LogP contribution >= 0.6 is 11.3 Å². The van der Waals surface area contributed by atoms with Crippen LogP contribution in [-0.2, 0) is 16.0 Å². The molecule has 0 amide bonds. The molecule has 1 aromatic heterocycles. The standard InChI is InChI=1S/C13H21NO2S/c1-15-8-6-14(10-12-4-2-7-16-12)11-13-5-3-9-17-13/h3,5,9,12H,2,4,6-8,10-11H2,1H3. The average Bonchev–Trinajstić information content (AvgIpc) is 2.99. The molecule has 1 aromatic rings. The molecule has 17 heavy (non-hydrogen) atoms. The van der Waals surface area contributed by atoms with Crippen LogP contribution in [0.3, 0.4) is 0 Å². The van der Waals surface area contributed by atoms with Gasteiger partial charge in [0, 0.05) is 38.2 Å². The maximum atomic E-state index is 5.70. The van der Waals surface area contributed by atoms with Crippen molar-refractivity contribution in [2.75, 3.05) is 33.4 Å². The number of rotatable bonds is 7. The number of hydrogen-bond donors (Lipinski definition) is 0. The first-order chi connectivity index (χ1) is 8.38. The smallest absolute Gasteiger partial charge is 0.0703 e. The van der Waals surface area contributed by atoms with Gasteiger partial charge in [-0.2, -0.15) is 0 Å². The van der Waals surface area contributed by atoms with Crippen molar-refractivity contribution in [3.63, 3.8) is 0 Å². The number of thiophene rings is 1. The predicted octanol–water partition coefficient (Wildman–Crippen LogP) is 2.38. The number of nitrogens with zero attached hydrogens (tertiary/aromatic N) is 1. The minimum absolute atomic E-state index is 0.423. The van der Waals surface area contributed by atoms with Gasteiger partial charge >= 0.3 is 0 Å². The van der Waals surface area contributed by atoms with E-state index in [1.807, 2.05) is 11.3 Å². The fraction of sp³-hybridized carbons (Fsp3) is 0.692. The van der Waals surface area contributed by atoms with E-state index in [9.17, 15) is 0 Å². The third-order valence-electron chi connectivity index (χ3n) is 3.06. The molecule has 0 saturated carbocycles. The lowest BCUT2D eigenvalue weighted by Crippen LogP contribution is -2.34. The number of methoxy groups -OCH3 is 1. The van der Waals surface area contributed by atoms with Crippen molar-refractivity contribution >= 4 is 11.3 Å². The lowest BCUT2D eigenvalue weighted by atomic mass is 10.2. The summed E-state index contributed by atoms with van der Waals surface area (Å²) in [6.07, 6.45) is 2.84. The Labute approximate surface area is 107 Å². The van der Waals surface area contributed by atoms with Crippen LogP contribution < -0.4 is 0 Å². The molecule has 96 valence electrons. The first kappa shape index (κ1) is 13.0. The molecule has 0 spiro atoms. The molecule has 0 aromatic carbocycles. The molecule has 1 aliphatic heterocycles. The maximum absolute atomic E-state index is 5.70. The molecule has 1 aliphatic rings. The molecule has 0 bridgehead atoms. The van der Waals surface area contributed by atoms with Crippen LogP contribution in [0.25, 0.3) is 0 Å². The van der Waals surface area contributed by atoms with Crippen LogP contribution in [0.2, 0.25) is 0 Å². The zero-order valence-corrected chi connectivity index (χ0v) is 11.2. The highest BCUT2D eigenvalue weighted by atomic mass is 32.1. The third kappa shape index (κ3) is 4.39. The van der Waals surface area contributed by atoms with E-state index in [2.05, 4.69) is 22.4 Å². The highest BCUT2D eigenvalue weighted by molar-refractivity contribution is 7.09. The average molecular weight is 255 g/mol. The van der Waals surface area contributed by atoms with Crippen molar-refractivity contribution < 1.29 is 9.47 Å². The second-order valence-corrected chi connectivity index (χ2v) is 5.47. The third-order valence-corrected chi connectivity index (χ3v) is 3.92. The summed E-state index contributed by atoms with van der Waals surface area (Å²) in [5.41, 5.74) is 0. The molecule has 1 fully saturated rings. The van der Waals surface area contributed by atoms with Crippen molar-refractivity contribution in [2.24, 2.45) is 0 Å². The molecule has 1 saturated heterocycles. The SMILES string of the molecule is COCCN(Cc1cccs1)CC1CCCO1. The zero-order valence-electron chi connectivity index (χ0n) is 10.4. The van der Waals surface area contributed by atoms with Gasteiger partial charge in [0.15, 0.2) is 0 Å². The Hall–Kier alpha value is -0.420. The summed E-state index contributed by atoms with van der Waals surface area (Å²) >= 11 is 1.82. The van der Waals surface area contributed by atoms with E-state index in [4.69, 9.17) is 9.47 Å². The van der Waals surface area contributed by atoms with Crippen LogP contribution in [0.4, 0.5) is 0 Å². The summed E-state index contributed by atoms with van der Waals surface area (Å²) in [6.45, 7) is 4.75. The van der Waals surface area contributed by atoms with Crippen LogP contribution in [0.15, 0.2) is 17.5 Å². The molecule has 3 nitrogen and oxygen atoms in total. The minimum Gasteiger partial charge on any atom is -0.383 e. The first-order valence-electron chi connectivity index (χ1n) is 6.24. The van der Waals surface area contributed by atoms with Gasteiger partial charge in [-0.25, -0.2) is 0 Å².